The van der Waals surface area contributed by atoms with Gasteiger partial charge in [0.2, 0.25) is 0 Å². The van der Waals surface area contributed by atoms with Gasteiger partial charge in [0.15, 0.2) is 11.5 Å². The van der Waals surface area contributed by atoms with E-state index in [-0.39, 0.29) is 6.04 Å². The number of rotatable bonds is 7. The number of nitrogens with zero attached hydrogens (tertiary/aromatic N) is 2. The Morgan fingerprint density at radius 3 is 2.71 bits per heavy atom. The van der Waals surface area contributed by atoms with Gasteiger partial charge in [-0.1, -0.05) is 12.1 Å². The van der Waals surface area contributed by atoms with Crippen molar-refractivity contribution in [3.63, 3.8) is 0 Å². The quantitative estimate of drug-likeness (QED) is 0.598. The molecule has 6 heteroatoms. The van der Waals surface area contributed by atoms with Crippen molar-refractivity contribution in [3.05, 3.63) is 42.0 Å². The van der Waals surface area contributed by atoms with Crippen LogP contribution in [0.3, 0.4) is 0 Å². The first kappa shape index (κ1) is 15.3. The Balaban J connectivity index is 2.19. The largest absolute Gasteiger partial charge is 0.493 e. The molecule has 0 radical (unpaired) electrons. The Hall–Kier alpha value is -2.05. The standard InChI is InChI=1S/C15H22N4O2/c1-19-10-9-17-14(19)8-7-12(18-16)11-5-4-6-13(20-2)15(11)21-3/h4-6,9-10,12,18H,7-8,16H2,1-3H3. The molecule has 21 heavy (non-hydrogen) atoms. The van der Waals surface area contributed by atoms with Crippen molar-refractivity contribution < 1.29 is 9.47 Å². The zero-order valence-corrected chi connectivity index (χ0v) is 12.7. The van der Waals surface area contributed by atoms with Crippen LogP contribution in [-0.4, -0.2) is 23.8 Å². The summed E-state index contributed by atoms with van der Waals surface area (Å²) in [5, 5.41) is 0. The Morgan fingerprint density at radius 1 is 1.33 bits per heavy atom. The van der Waals surface area contributed by atoms with Crippen molar-refractivity contribution in [1.82, 2.24) is 15.0 Å². The lowest BCUT2D eigenvalue weighted by atomic mass is 10.0. The van der Waals surface area contributed by atoms with Crippen LogP contribution in [0, 0.1) is 0 Å². The van der Waals surface area contributed by atoms with Gasteiger partial charge < -0.3 is 14.0 Å². The van der Waals surface area contributed by atoms with Crippen molar-refractivity contribution >= 4 is 0 Å². The summed E-state index contributed by atoms with van der Waals surface area (Å²) in [5.74, 6) is 8.16. The third-order valence-electron chi connectivity index (χ3n) is 3.59. The summed E-state index contributed by atoms with van der Waals surface area (Å²) < 4.78 is 12.8. The molecule has 0 aliphatic heterocycles. The average molecular weight is 290 g/mol. The van der Waals surface area contributed by atoms with E-state index >= 15 is 0 Å². The number of nitrogens with one attached hydrogen (secondary N) is 1. The van der Waals surface area contributed by atoms with E-state index < -0.39 is 0 Å². The number of para-hydroxylation sites is 1. The normalized spacial score (nSPS) is 12.2. The molecular formula is C15H22N4O2. The van der Waals surface area contributed by atoms with E-state index in [0.717, 1.165) is 24.2 Å². The predicted molar refractivity (Wildman–Crippen MR) is 81.1 cm³/mol. The van der Waals surface area contributed by atoms with Gasteiger partial charge in [-0.25, -0.2) is 4.98 Å². The lowest BCUT2D eigenvalue weighted by Crippen LogP contribution is -2.29. The number of benzene rings is 1. The maximum atomic E-state index is 5.72. The summed E-state index contributed by atoms with van der Waals surface area (Å²) >= 11 is 0. The van der Waals surface area contributed by atoms with Crippen LogP contribution in [-0.2, 0) is 13.5 Å². The second-order valence-electron chi connectivity index (χ2n) is 4.80. The van der Waals surface area contributed by atoms with Crippen LogP contribution in [0.15, 0.2) is 30.6 Å². The first-order chi connectivity index (χ1) is 10.2. The van der Waals surface area contributed by atoms with E-state index in [4.69, 9.17) is 15.3 Å². The summed E-state index contributed by atoms with van der Waals surface area (Å²) in [5.41, 5.74) is 3.83. The molecule has 0 aliphatic carbocycles. The molecule has 6 nitrogen and oxygen atoms in total. The van der Waals surface area contributed by atoms with Gasteiger partial charge in [0.1, 0.15) is 5.82 Å². The first-order valence-corrected chi connectivity index (χ1v) is 6.84. The lowest BCUT2D eigenvalue weighted by molar-refractivity contribution is 0.345. The Morgan fingerprint density at radius 2 is 2.14 bits per heavy atom. The molecule has 0 spiro atoms. The highest BCUT2D eigenvalue weighted by Gasteiger charge is 2.18. The predicted octanol–water partition coefficient (Wildman–Crippen LogP) is 1.57. The van der Waals surface area contributed by atoms with Crippen molar-refractivity contribution in [2.45, 2.75) is 18.9 Å². The number of ether oxygens (including phenoxy) is 2. The number of nitrogens with two attached hydrogens (primary N) is 1. The molecule has 0 saturated heterocycles. The number of imidazole rings is 1. The molecule has 114 valence electrons. The molecule has 1 unspecified atom stereocenters. The SMILES string of the molecule is COc1cccc(C(CCc2nccn2C)NN)c1OC. The van der Waals surface area contributed by atoms with Crippen molar-refractivity contribution in [2.75, 3.05) is 14.2 Å². The fraction of sp³-hybridized carbons (Fsp3) is 0.400. The minimum atomic E-state index is -0.0354. The molecule has 0 fully saturated rings. The van der Waals surface area contributed by atoms with Gasteiger partial charge in [-0.2, -0.15) is 0 Å². The van der Waals surface area contributed by atoms with Crippen LogP contribution in [0.1, 0.15) is 23.9 Å². The highest BCUT2D eigenvalue weighted by Crippen LogP contribution is 2.35. The third-order valence-corrected chi connectivity index (χ3v) is 3.59. The highest BCUT2D eigenvalue weighted by molar-refractivity contribution is 5.48. The van der Waals surface area contributed by atoms with Gasteiger partial charge in [0.25, 0.3) is 0 Å². The molecule has 3 N–H and O–H groups in total. The van der Waals surface area contributed by atoms with Gasteiger partial charge in [0.05, 0.1) is 20.3 Å². The lowest BCUT2D eigenvalue weighted by Gasteiger charge is -2.20. The molecule has 1 atom stereocenters. The molecule has 0 saturated carbocycles. The summed E-state index contributed by atoms with van der Waals surface area (Å²) in [6, 6.07) is 5.76. The molecule has 0 bridgehead atoms. The van der Waals surface area contributed by atoms with Gasteiger partial charge in [-0.15, -0.1) is 0 Å². The topological polar surface area (TPSA) is 74.3 Å². The van der Waals surface area contributed by atoms with E-state index in [1.807, 2.05) is 36.0 Å². The molecular weight excluding hydrogens is 268 g/mol. The molecule has 2 rings (SSSR count). The minimum absolute atomic E-state index is 0.0354. The van der Waals surface area contributed by atoms with Gasteiger partial charge >= 0.3 is 0 Å². The number of methoxy groups -OCH3 is 2. The number of hydrogen-bond donors (Lipinski definition) is 2. The van der Waals surface area contributed by atoms with E-state index in [0.29, 0.717) is 11.5 Å². The number of hydrogen-bond acceptors (Lipinski definition) is 5. The minimum Gasteiger partial charge on any atom is -0.493 e. The highest BCUT2D eigenvalue weighted by atomic mass is 16.5. The van der Waals surface area contributed by atoms with Gasteiger partial charge in [-0.3, -0.25) is 11.3 Å². The summed E-state index contributed by atoms with van der Waals surface area (Å²) in [4.78, 5) is 4.33. The van der Waals surface area contributed by atoms with Crippen molar-refractivity contribution in [2.24, 2.45) is 12.9 Å². The first-order valence-electron chi connectivity index (χ1n) is 6.84. The smallest absolute Gasteiger partial charge is 0.165 e. The van der Waals surface area contributed by atoms with Crippen LogP contribution in [0.4, 0.5) is 0 Å². The van der Waals surface area contributed by atoms with E-state index in [1.54, 1.807) is 20.4 Å². The Bertz CT molecular complexity index is 583. The Labute approximate surface area is 124 Å². The van der Waals surface area contributed by atoms with E-state index in [2.05, 4.69) is 10.4 Å². The molecule has 1 aromatic heterocycles. The van der Waals surface area contributed by atoms with Crippen LogP contribution >= 0.6 is 0 Å². The molecule has 0 amide bonds. The van der Waals surface area contributed by atoms with E-state index in [1.165, 1.54) is 0 Å². The molecule has 1 heterocycles. The van der Waals surface area contributed by atoms with Gasteiger partial charge in [-0.05, 0) is 12.5 Å². The number of aromatic nitrogens is 2. The molecule has 1 aromatic carbocycles. The summed E-state index contributed by atoms with van der Waals surface area (Å²) in [6.07, 6.45) is 5.36. The van der Waals surface area contributed by atoms with Crippen LogP contribution in [0.5, 0.6) is 11.5 Å². The number of aryl methyl sites for hydroxylation is 2. The second kappa shape index (κ2) is 7.10. The maximum absolute atomic E-state index is 5.72. The maximum Gasteiger partial charge on any atom is 0.165 e. The van der Waals surface area contributed by atoms with Gasteiger partial charge in [0, 0.05) is 31.4 Å². The fourth-order valence-corrected chi connectivity index (χ4v) is 2.43. The second-order valence-corrected chi connectivity index (χ2v) is 4.80. The average Bonchev–Trinajstić information content (AvgIpc) is 2.92. The van der Waals surface area contributed by atoms with Crippen molar-refractivity contribution in [3.8, 4) is 11.5 Å². The van der Waals surface area contributed by atoms with Crippen molar-refractivity contribution in [1.29, 1.82) is 0 Å². The Kier molecular flexibility index (Phi) is 5.19. The molecule has 2 aromatic rings. The summed E-state index contributed by atoms with van der Waals surface area (Å²) in [7, 11) is 5.24. The number of hydrazine groups is 1. The third kappa shape index (κ3) is 3.34. The monoisotopic (exact) mass is 290 g/mol. The molecule has 0 aliphatic rings. The van der Waals surface area contributed by atoms with Crippen LogP contribution in [0.2, 0.25) is 0 Å². The zero-order chi connectivity index (χ0) is 15.2. The van der Waals surface area contributed by atoms with E-state index in [9.17, 15) is 0 Å². The fourth-order valence-electron chi connectivity index (χ4n) is 2.43. The summed E-state index contributed by atoms with van der Waals surface area (Å²) in [6.45, 7) is 0. The van der Waals surface area contributed by atoms with Crippen LogP contribution < -0.4 is 20.7 Å². The van der Waals surface area contributed by atoms with Crippen LogP contribution in [0.25, 0.3) is 0 Å². The zero-order valence-electron chi connectivity index (χ0n) is 12.7.